The predicted octanol–water partition coefficient (Wildman–Crippen LogP) is 4.27. The van der Waals surface area contributed by atoms with Crippen molar-refractivity contribution in [1.82, 2.24) is 5.32 Å². The normalized spacial score (nSPS) is 11.4. The fraction of sp³-hybridized carbons (Fsp3) is 0.259. The number of rotatable bonds is 9. The van der Waals surface area contributed by atoms with Crippen LogP contribution < -0.4 is 19.7 Å². The van der Waals surface area contributed by atoms with Crippen LogP contribution in [0.25, 0.3) is 0 Å². The quantitative estimate of drug-likeness (QED) is 0.296. The number of nitrogens with zero attached hydrogens (tertiary/aromatic N) is 2. The van der Waals surface area contributed by atoms with Gasteiger partial charge in [0.15, 0.2) is 0 Å². The number of anilines is 2. The lowest BCUT2D eigenvalue weighted by Gasteiger charge is -2.25. The second-order valence-electron chi connectivity index (χ2n) is 9.71. The first-order valence-corrected chi connectivity index (χ1v) is 13.3. The van der Waals surface area contributed by atoms with Crippen LogP contribution in [0.3, 0.4) is 0 Å². The maximum atomic E-state index is 13.7. The number of benzene rings is 3. The van der Waals surface area contributed by atoms with E-state index in [2.05, 4.69) is 10.6 Å². The Bertz CT molecular complexity index is 1500. The fourth-order valence-corrected chi connectivity index (χ4v) is 5.10. The maximum absolute atomic E-state index is 13.7. The third kappa shape index (κ3) is 7.11. The molecule has 12 heteroatoms. The highest BCUT2D eigenvalue weighted by atomic mass is 32.2. The zero-order chi connectivity index (χ0) is 29.0. The predicted molar refractivity (Wildman–Crippen MR) is 148 cm³/mol. The number of methoxy groups -OCH3 is 1. The van der Waals surface area contributed by atoms with E-state index in [1.54, 1.807) is 18.2 Å². The van der Waals surface area contributed by atoms with Gasteiger partial charge in [-0.2, -0.15) is 0 Å². The van der Waals surface area contributed by atoms with Crippen molar-refractivity contribution in [2.24, 2.45) is 0 Å². The number of aryl methyl sites for hydroxylation is 1. The molecule has 0 aliphatic carbocycles. The topological polar surface area (TPSA) is 148 Å². The molecule has 39 heavy (non-hydrogen) atoms. The molecular formula is C27H30N4O7S. The molecule has 0 aromatic heterocycles. The Hall–Kier alpha value is -4.45. The molecule has 206 valence electrons. The van der Waals surface area contributed by atoms with Gasteiger partial charge in [-0.3, -0.25) is 24.0 Å². The van der Waals surface area contributed by atoms with E-state index in [1.807, 2.05) is 20.8 Å². The minimum Gasteiger partial charge on any atom is -0.497 e. The largest absolute Gasteiger partial charge is 0.497 e. The van der Waals surface area contributed by atoms with E-state index in [-0.39, 0.29) is 33.1 Å². The summed E-state index contributed by atoms with van der Waals surface area (Å²) in [4.78, 5) is 36.4. The summed E-state index contributed by atoms with van der Waals surface area (Å²) in [6.07, 6.45) is 0. The number of carbonyl (C=O) groups excluding carboxylic acids is 2. The van der Waals surface area contributed by atoms with Crippen molar-refractivity contribution in [3.63, 3.8) is 0 Å². The number of carbonyl (C=O) groups is 2. The lowest BCUT2D eigenvalue weighted by molar-refractivity contribution is -0.385. The van der Waals surface area contributed by atoms with Crippen molar-refractivity contribution in [3.8, 4) is 5.75 Å². The molecule has 0 bridgehead atoms. The molecule has 0 spiro atoms. The van der Waals surface area contributed by atoms with E-state index in [1.165, 1.54) is 56.5 Å². The lowest BCUT2D eigenvalue weighted by atomic mass is 10.1. The first-order chi connectivity index (χ1) is 18.2. The number of sulfonamides is 1. The molecule has 3 aromatic rings. The Kier molecular flexibility index (Phi) is 8.60. The van der Waals surface area contributed by atoms with Gasteiger partial charge in [0, 0.05) is 17.2 Å². The van der Waals surface area contributed by atoms with Gasteiger partial charge in [0.05, 0.1) is 33.9 Å². The van der Waals surface area contributed by atoms with Crippen LogP contribution >= 0.6 is 0 Å². The van der Waals surface area contributed by atoms with E-state index in [0.29, 0.717) is 5.75 Å². The first-order valence-electron chi connectivity index (χ1n) is 11.9. The zero-order valence-electron chi connectivity index (χ0n) is 22.2. The van der Waals surface area contributed by atoms with Gasteiger partial charge in [-0.1, -0.05) is 18.2 Å². The summed E-state index contributed by atoms with van der Waals surface area (Å²) in [5.74, 6) is -0.678. The van der Waals surface area contributed by atoms with E-state index < -0.39 is 38.8 Å². The maximum Gasteiger partial charge on any atom is 0.273 e. The molecule has 0 saturated heterocycles. The lowest BCUT2D eigenvalue weighted by Crippen LogP contribution is -2.41. The highest BCUT2D eigenvalue weighted by Gasteiger charge is 2.30. The van der Waals surface area contributed by atoms with E-state index in [0.717, 1.165) is 10.4 Å². The molecule has 0 fully saturated rings. The SMILES string of the molecule is COc1ccc(N(CC(=O)Nc2ccccc2C(=O)NC(C)(C)C)S(=O)(=O)c2ccc(C)c([N+](=O)[O-])c2)cc1. The summed E-state index contributed by atoms with van der Waals surface area (Å²) in [5, 5.41) is 16.9. The second kappa shape index (κ2) is 11.5. The van der Waals surface area contributed by atoms with Crippen LogP contribution in [-0.2, 0) is 14.8 Å². The average molecular weight is 555 g/mol. The summed E-state index contributed by atoms with van der Waals surface area (Å²) in [7, 11) is -2.98. The summed E-state index contributed by atoms with van der Waals surface area (Å²) in [6, 6.07) is 15.9. The summed E-state index contributed by atoms with van der Waals surface area (Å²) >= 11 is 0. The van der Waals surface area contributed by atoms with E-state index in [4.69, 9.17) is 4.74 Å². The van der Waals surface area contributed by atoms with Crippen molar-refractivity contribution in [2.75, 3.05) is 23.3 Å². The molecular weight excluding hydrogens is 524 g/mol. The van der Waals surface area contributed by atoms with Gasteiger partial charge in [-0.05, 0) is 70.2 Å². The summed E-state index contributed by atoms with van der Waals surface area (Å²) < 4.78 is 33.4. The number of nitro groups is 1. The molecule has 0 radical (unpaired) electrons. The van der Waals surface area contributed by atoms with Crippen LogP contribution in [-0.4, -0.2) is 44.3 Å². The van der Waals surface area contributed by atoms with Gasteiger partial charge >= 0.3 is 0 Å². The third-order valence-corrected chi connectivity index (χ3v) is 7.32. The smallest absolute Gasteiger partial charge is 0.273 e. The Morgan fingerprint density at radius 3 is 2.26 bits per heavy atom. The zero-order valence-corrected chi connectivity index (χ0v) is 23.0. The molecule has 3 aromatic carbocycles. The monoisotopic (exact) mass is 554 g/mol. The molecule has 11 nitrogen and oxygen atoms in total. The van der Waals surface area contributed by atoms with Gasteiger partial charge in [-0.25, -0.2) is 8.42 Å². The van der Waals surface area contributed by atoms with Crippen LogP contribution in [0.2, 0.25) is 0 Å². The average Bonchev–Trinajstić information content (AvgIpc) is 2.86. The van der Waals surface area contributed by atoms with Crippen LogP contribution in [0.4, 0.5) is 17.1 Å². The number of amides is 2. The minimum atomic E-state index is -4.44. The van der Waals surface area contributed by atoms with Crippen molar-refractivity contribution >= 4 is 38.9 Å². The third-order valence-electron chi connectivity index (χ3n) is 5.55. The number of ether oxygens (including phenoxy) is 1. The Morgan fingerprint density at radius 2 is 1.67 bits per heavy atom. The molecule has 0 saturated carbocycles. The molecule has 2 N–H and O–H groups in total. The van der Waals surface area contributed by atoms with Gasteiger partial charge < -0.3 is 15.4 Å². The number of nitro benzene ring substituents is 1. The van der Waals surface area contributed by atoms with Crippen LogP contribution in [0.1, 0.15) is 36.7 Å². The Balaban J connectivity index is 1.99. The van der Waals surface area contributed by atoms with Crippen molar-refractivity contribution in [1.29, 1.82) is 0 Å². The molecule has 0 atom stereocenters. The second-order valence-corrected chi connectivity index (χ2v) is 11.6. The highest BCUT2D eigenvalue weighted by Crippen LogP contribution is 2.29. The highest BCUT2D eigenvalue weighted by molar-refractivity contribution is 7.92. The number of nitrogens with one attached hydrogen (secondary N) is 2. The van der Waals surface area contributed by atoms with Crippen molar-refractivity contribution < 1.29 is 27.7 Å². The van der Waals surface area contributed by atoms with Crippen molar-refractivity contribution in [3.05, 3.63) is 88.0 Å². The first kappa shape index (κ1) is 29.1. The molecule has 0 aliphatic rings. The van der Waals surface area contributed by atoms with Crippen LogP contribution in [0.15, 0.2) is 71.6 Å². The van der Waals surface area contributed by atoms with Crippen molar-refractivity contribution in [2.45, 2.75) is 38.1 Å². The van der Waals surface area contributed by atoms with E-state index >= 15 is 0 Å². The minimum absolute atomic E-state index is 0.132. The number of para-hydroxylation sites is 1. The van der Waals surface area contributed by atoms with Gasteiger partial charge in [0.2, 0.25) is 5.91 Å². The number of hydrogen-bond donors (Lipinski definition) is 2. The fourth-order valence-electron chi connectivity index (χ4n) is 3.66. The Labute approximate surface area is 227 Å². The molecule has 0 heterocycles. The standard InChI is InChI=1S/C27H30N4O7S/c1-18-10-15-21(16-24(18)31(34)35)39(36,37)30(19-11-13-20(38-5)14-12-19)17-25(32)28-23-9-7-6-8-22(23)26(33)29-27(2,3)4/h6-16H,17H2,1-5H3,(H,28,32)(H,29,33). The van der Waals surface area contributed by atoms with Crippen LogP contribution in [0.5, 0.6) is 5.75 Å². The Morgan fingerprint density at radius 1 is 1.03 bits per heavy atom. The molecule has 3 rings (SSSR count). The molecule has 2 amide bonds. The van der Waals surface area contributed by atoms with Gasteiger partial charge in [-0.15, -0.1) is 0 Å². The van der Waals surface area contributed by atoms with Crippen LogP contribution in [0, 0.1) is 17.0 Å². The van der Waals surface area contributed by atoms with Gasteiger partial charge in [0.25, 0.3) is 21.6 Å². The van der Waals surface area contributed by atoms with Gasteiger partial charge in [0.1, 0.15) is 12.3 Å². The summed E-state index contributed by atoms with van der Waals surface area (Å²) in [5.41, 5.74) is -0.0692. The van der Waals surface area contributed by atoms with E-state index in [9.17, 15) is 28.1 Å². The number of hydrogen-bond acceptors (Lipinski definition) is 7. The molecule has 0 unspecified atom stereocenters. The summed E-state index contributed by atoms with van der Waals surface area (Å²) in [6.45, 7) is 6.28. The molecule has 0 aliphatic heterocycles.